The number of ether oxygens (including phenoxy) is 1. The van der Waals surface area contributed by atoms with Crippen LogP contribution >= 0.6 is 23.1 Å². The monoisotopic (exact) mass is 450 g/mol. The molecule has 4 rings (SSSR count). The molecular weight excluding hydrogens is 424 g/mol. The molecular formula is C24H26N4OS2. The molecule has 2 heterocycles. The highest BCUT2D eigenvalue weighted by atomic mass is 32.2. The van der Waals surface area contributed by atoms with Crippen molar-refractivity contribution in [3.05, 3.63) is 76.6 Å². The van der Waals surface area contributed by atoms with E-state index in [2.05, 4.69) is 59.1 Å². The SMILES string of the molecule is CCn1c(SCc2csc(-c3ccccc3)n2)nnc1C(C)Oc1cccc(C)c1C. The standard InChI is InChI=1S/C24H26N4OS2/c1-5-28-22(18(4)29-21-13-9-10-16(2)17(21)3)26-27-24(28)31-15-20-14-30-23(25-20)19-11-7-6-8-12-19/h6-14,18H,5,15H2,1-4H3. The molecule has 0 aliphatic carbocycles. The van der Waals surface area contributed by atoms with E-state index in [4.69, 9.17) is 9.72 Å². The molecule has 0 saturated heterocycles. The highest BCUT2D eigenvalue weighted by molar-refractivity contribution is 7.98. The molecule has 0 N–H and O–H groups in total. The average molecular weight is 451 g/mol. The van der Waals surface area contributed by atoms with Crippen molar-refractivity contribution in [2.75, 3.05) is 0 Å². The molecule has 0 bridgehead atoms. The molecule has 0 fully saturated rings. The van der Waals surface area contributed by atoms with Crippen LogP contribution in [0, 0.1) is 13.8 Å². The summed E-state index contributed by atoms with van der Waals surface area (Å²) in [4.78, 5) is 4.78. The normalized spacial score (nSPS) is 12.1. The summed E-state index contributed by atoms with van der Waals surface area (Å²) in [7, 11) is 0. The number of benzene rings is 2. The third-order valence-corrected chi connectivity index (χ3v) is 7.15. The second kappa shape index (κ2) is 9.66. The van der Waals surface area contributed by atoms with E-state index in [1.807, 2.05) is 37.3 Å². The average Bonchev–Trinajstić information content (AvgIpc) is 3.43. The van der Waals surface area contributed by atoms with Crippen LogP contribution in [0.4, 0.5) is 0 Å². The number of aryl methyl sites for hydroxylation is 1. The van der Waals surface area contributed by atoms with Gasteiger partial charge in [0.2, 0.25) is 0 Å². The summed E-state index contributed by atoms with van der Waals surface area (Å²) in [5, 5.41) is 12.9. The summed E-state index contributed by atoms with van der Waals surface area (Å²) in [6, 6.07) is 16.4. The van der Waals surface area contributed by atoms with Crippen molar-refractivity contribution < 1.29 is 4.74 Å². The van der Waals surface area contributed by atoms with E-state index >= 15 is 0 Å². The first-order chi connectivity index (χ1) is 15.1. The van der Waals surface area contributed by atoms with Crippen molar-refractivity contribution in [2.24, 2.45) is 0 Å². The highest BCUT2D eigenvalue weighted by Crippen LogP contribution is 2.30. The van der Waals surface area contributed by atoms with Crippen LogP contribution in [-0.4, -0.2) is 19.7 Å². The minimum Gasteiger partial charge on any atom is -0.482 e. The Morgan fingerprint density at radius 3 is 2.65 bits per heavy atom. The molecule has 0 aliphatic rings. The van der Waals surface area contributed by atoms with E-state index in [-0.39, 0.29) is 6.10 Å². The van der Waals surface area contributed by atoms with Crippen LogP contribution in [0.2, 0.25) is 0 Å². The van der Waals surface area contributed by atoms with Gasteiger partial charge in [-0.05, 0) is 44.9 Å². The van der Waals surface area contributed by atoms with Gasteiger partial charge < -0.3 is 9.30 Å². The maximum Gasteiger partial charge on any atom is 0.191 e. The molecule has 160 valence electrons. The van der Waals surface area contributed by atoms with Gasteiger partial charge >= 0.3 is 0 Å². The Bertz CT molecular complexity index is 1150. The number of nitrogens with zero attached hydrogens (tertiary/aromatic N) is 4. The Kier molecular flexibility index (Phi) is 6.73. The topological polar surface area (TPSA) is 52.8 Å². The van der Waals surface area contributed by atoms with Crippen molar-refractivity contribution in [1.82, 2.24) is 19.7 Å². The van der Waals surface area contributed by atoms with Gasteiger partial charge in [0, 0.05) is 23.2 Å². The zero-order chi connectivity index (χ0) is 21.8. The molecule has 5 nitrogen and oxygen atoms in total. The van der Waals surface area contributed by atoms with E-state index in [0.717, 1.165) is 50.9 Å². The Morgan fingerprint density at radius 2 is 1.87 bits per heavy atom. The van der Waals surface area contributed by atoms with Gasteiger partial charge in [0.05, 0.1) is 5.69 Å². The Morgan fingerprint density at radius 1 is 1.06 bits per heavy atom. The Balaban J connectivity index is 1.46. The van der Waals surface area contributed by atoms with Gasteiger partial charge in [0.25, 0.3) is 0 Å². The first-order valence-electron chi connectivity index (χ1n) is 10.4. The molecule has 7 heteroatoms. The van der Waals surface area contributed by atoms with E-state index in [0.29, 0.717) is 0 Å². The fourth-order valence-electron chi connectivity index (χ4n) is 3.32. The summed E-state index contributed by atoms with van der Waals surface area (Å²) in [6.45, 7) is 9.10. The van der Waals surface area contributed by atoms with Crippen molar-refractivity contribution in [1.29, 1.82) is 0 Å². The summed E-state index contributed by atoms with van der Waals surface area (Å²) < 4.78 is 8.37. The lowest BCUT2D eigenvalue weighted by Gasteiger charge is -2.17. The maximum absolute atomic E-state index is 6.24. The number of rotatable bonds is 8. The Labute approximate surface area is 191 Å². The van der Waals surface area contributed by atoms with Crippen LogP contribution < -0.4 is 4.74 Å². The van der Waals surface area contributed by atoms with E-state index in [1.54, 1.807) is 23.1 Å². The fourth-order valence-corrected chi connectivity index (χ4v) is 5.16. The zero-order valence-electron chi connectivity index (χ0n) is 18.2. The first-order valence-corrected chi connectivity index (χ1v) is 12.2. The molecule has 0 radical (unpaired) electrons. The van der Waals surface area contributed by atoms with Gasteiger partial charge in [0.1, 0.15) is 10.8 Å². The van der Waals surface area contributed by atoms with Crippen molar-refractivity contribution in [3.63, 3.8) is 0 Å². The summed E-state index contributed by atoms with van der Waals surface area (Å²) >= 11 is 3.34. The van der Waals surface area contributed by atoms with E-state index < -0.39 is 0 Å². The van der Waals surface area contributed by atoms with Gasteiger partial charge in [-0.15, -0.1) is 21.5 Å². The van der Waals surface area contributed by atoms with Crippen LogP contribution in [-0.2, 0) is 12.3 Å². The lowest BCUT2D eigenvalue weighted by Crippen LogP contribution is -2.12. The third kappa shape index (κ3) is 4.83. The van der Waals surface area contributed by atoms with Crippen LogP contribution in [0.3, 0.4) is 0 Å². The van der Waals surface area contributed by atoms with E-state index in [9.17, 15) is 0 Å². The first kappa shape index (κ1) is 21.6. The molecule has 0 spiro atoms. The molecule has 1 atom stereocenters. The van der Waals surface area contributed by atoms with Crippen molar-refractivity contribution in [3.8, 4) is 16.3 Å². The largest absolute Gasteiger partial charge is 0.482 e. The van der Waals surface area contributed by atoms with Crippen molar-refractivity contribution in [2.45, 2.75) is 51.3 Å². The second-order valence-corrected chi connectivity index (χ2v) is 9.14. The number of hydrogen-bond acceptors (Lipinski definition) is 6. The summed E-state index contributed by atoms with van der Waals surface area (Å²) in [5.41, 5.74) is 4.58. The molecule has 4 aromatic rings. The van der Waals surface area contributed by atoms with Gasteiger partial charge in [-0.1, -0.05) is 54.2 Å². The molecule has 0 saturated carbocycles. The lowest BCUT2D eigenvalue weighted by atomic mass is 10.1. The minimum absolute atomic E-state index is 0.189. The minimum atomic E-state index is -0.189. The quantitative estimate of drug-likeness (QED) is 0.288. The van der Waals surface area contributed by atoms with E-state index in [1.165, 1.54) is 5.56 Å². The molecule has 2 aromatic carbocycles. The van der Waals surface area contributed by atoms with Crippen LogP contribution in [0.5, 0.6) is 5.75 Å². The summed E-state index contributed by atoms with van der Waals surface area (Å²) in [6.07, 6.45) is -0.189. The third-order valence-electron chi connectivity index (χ3n) is 5.21. The zero-order valence-corrected chi connectivity index (χ0v) is 19.8. The van der Waals surface area contributed by atoms with Gasteiger partial charge in [0.15, 0.2) is 17.1 Å². The molecule has 31 heavy (non-hydrogen) atoms. The number of hydrogen-bond donors (Lipinski definition) is 0. The summed E-state index contributed by atoms with van der Waals surface area (Å²) in [5.74, 6) is 2.49. The van der Waals surface area contributed by atoms with Gasteiger partial charge in [-0.3, -0.25) is 0 Å². The van der Waals surface area contributed by atoms with Crippen molar-refractivity contribution >= 4 is 23.1 Å². The van der Waals surface area contributed by atoms with Gasteiger partial charge in [-0.25, -0.2) is 4.98 Å². The van der Waals surface area contributed by atoms with Gasteiger partial charge in [-0.2, -0.15) is 0 Å². The predicted octanol–water partition coefficient (Wildman–Crippen LogP) is 6.47. The van der Waals surface area contributed by atoms with Crippen LogP contribution in [0.1, 0.15) is 42.6 Å². The maximum atomic E-state index is 6.24. The number of aromatic nitrogens is 4. The molecule has 2 aromatic heterocycles. The lowest BCUT2D eigenvalue weighted by molar-refractivity contribution is 0.208. The molecule has 0 aliphatic heterocycles. The van der Waals surface area contributed by atoms with Crippen LogP contribution in [0.15, 0.2) is 59.1 Å². The number of thioether (sulfide) groups is 1. The fraction of sp³-hybridized carbons (Fsp3) is 0.292. The second-order valence-electron chi connectivity index (χ2n) is 7.34. The molecule has 0 amide bonds. The number of thiazole rings is 1. The predicted molar refractivity (Wildman–Crippen MR) is 128 cm³/mol. The Hall–Kier alpha value is -2.64. The molecule has 1 unspecified atom stereocenters. The highest BCUT2D eigenvalue weighted by Gasteiger charge is 2.20. The smallest absolute Gasteiger partial charge is 0.191 e. The van der Waals surface area contributed by atoms with Crippen LogP contribution in [0.25, 0.3) is 10.6 Å².